The Morgan fingerprint density at radius 1 is 1.13 bits per heavy atom. The number of carbonyl (C=O) groups is 1. The Morgan fingerprint density at radius 2 is 2.00 bits per heavy atom. The number of aromatic amines is 1. The molecule has 2 N–H and O–H groups in total. The number of hydrogen-bond acceptors (Lipinski definition) is 5. The Kier molecular flexibility index (Phi) is 3.32. The first-order chi connectivity index (χ1) is 11.3. The van der Waals surface area contributed by atoms with Gasteiger partial charge in [-0.25, -0.2) is 0 Å². The summed E-state index contributed by atoms with van der Waals surface area (Å²) in [6.45, 7) is 0. The summed E-state index contributed by atoms with van der Waals surface area (Å²) >= 11 is 1.31. The first-order valence-corrected chi connectivity index (χ1v) is 7.76. The Hall–Kier alpha value is -3.06. The highest BCUT2D eigenvalue weighted by Crippen LogP contribution is 2.21. The van der Waals surface area contributed by atoms with Crippen LogP contribution in [0.2, 0.25) is 0 Å². The smallest absolute Gasteiger partial charge is 0.257 e. The van der Waals surface area contributed by atoms with Gasteiger partial charge in [-0.15, -0.1) is 5.10 Å². The van der Waals surface area contributed by atoms with Crippen molar-refractivity contribution < 1.29 is 4.79 Å². The summed E-state index contributed by atoms with van der Waals surface area (Å²) in [6.07, 6.45) is 1.70. The molecule has 0 fully saturated rings. The summed E-state index contributed by atoms with van der Waals surface area (Å²) in [4.78, 5) is 12.5. The molecular weight excluding hydrogens is 310 g/mol. The van der Waals surface area contributed by atoms with Gasteiger partial charge in [0.05, 0.1) is 17.3 Å². The Bertz CT molecular complexity index is 960. The van der Waals surface area contributed by atoms with E-state index in [1.165, 1.54) is 11.5 Å². The minimum absolute atomic E-state index is 0.178. The van der Waals surface area contributed by atoms with Crippen LogP contribution in [-0.2, 0) is 0 Å². The number of amides is 1. The van der Waals surface area contributed by atoms with E-state index in [-0.39, 0.29) is 5.91 Å². The molecule has 2 aromatic heterocycles. The van der Waals surface area contributed by atoms with Crippen molar-refractivity contribution in [2.24, 2.45) is 0 Å². The van der Waals surface area contributed by atoms with Gasteiger partial charge in [0.1, 0.15) is 5.69 Å². The van der Waals surface area contributed by atoms with E-state index in [9.17, 15) is 4.79 Å². The molecule has 4 aromatic rings. The zero-order valence-corrected chi connectivity index (χ0v) is 12.7. The van der Waals surface area contributed by atoms with Crippen LogP contribution in [0, 0.1) is 0 Å². The number of fused-ring (bicyclic) bond motifs is 1. The van der Waals surface area contributed by atoms with Crippen molar-refractivity contribution in [3.63, 3.8) is 0 Å². The maximum atomic E-state index is 12.5. The highest BCUT2D eigenvalue weighted by molar-refractivity contribution is 7.03. The van der Waals surface area contributed by atoms with E-state index in [4.69, 9.17) is 0 Å². The highest BCUT2D eigenvalue weighted by atomic mass is 32.1. The molecule has 1 amide bonds. The van der Waals surface area contributed by atoms with Crippen molar-refractivity contribution >= 4 is 34.0 Å². The molecule has 0 bridgehead atoms. The summed E-state index contributed by atoms with van der Waals surface area (Å²) in [5, 5.41) is 16.5. The number of aromatic nitrogens is 4. The fraction of sp³-hybridized carbons (Fsp3) is 0. The molecule has 6 nitrogen and oxygen atoms in total. The van der Waals surface area contributed by atoms with Crippen LogP contribution in [0.5, 0.6) is 0 Å². The summed E-state index contributed by atoms with van der Waals surface area (Å²) in [6, 6.07) is 13.0. The first kappa shape index (κ1) is 13.6. The normalized spacial score (nSPS) is 10.8. The number of nitrogens with zero attached hydrogens (tertiary/aromatic N) is 3. The van der Waals surface area contributed by atoms with E-state index < -0.39 is 0 Å². The number of rotatable bonds is 3. The molecule has 0 aliphatic rings. The van der Waals surface area contributed by atoms with E-state index >= 15 is 0 Å². The van der Waals surface area contributed by atoms with Gasteiger partial charge in [0.25, 0.3) is 5.91 Å². The van der Waals surface area contributed by atoms with Gasteiger partial charge < -0.3 is 5.32 Å². The zero-order valence-electron chi connectivity index (χ0n) is 11.9. The van der Waals surface area contributed by atoms with Gasteiger partial charge in [0.2, 0.25) is 0 Å². The summed E-state index contributed by atoms with van der Waals surface area (Å²) < 4.78 is 3.85. The van der Waals surface area contributed by atoms with E-state index in [2.05, 4.69) is 25.1 Å². The highest BCUT2D eigenvalue weighted by Gasteiger charge is 2.11. The van der Waals surface area contributed by atoms with Gasteiger partial charge in [-0.2, -0.15) is 5.10 Å². The average Bonchev–Trinajstić information content (AvgIpc) is 3.26. The molecule has 0 radical (unpaired) electrons. The van der Waals surface area contributed by atoms with Gasteiger partial charge in [0, 0.05) is 22.0 Å². The SMILES string of the molecule is O=C(Nc1ccc(-c2csnn2)cc1)c1cccc2cn[nH]c12. The number of anilines is 1. The molecule has 0 unspecified atom stereocenters. The lowest BCUT2D eigenvalue weighted by Gasteiger charge is -2.06. The Labute approximate surface area is 135 Å². The van der Waals surface area contributed by atoms with E-state index in [1.54, 1.807) is 12.3 Å². The Morgan fingerprint density at radius 3 is 2.78 bits per heavy atom. The van der Waals surface area contributed by atoms with Crippen LogP contribution in [-0.4, -0.2) is 25.7 Å². The van der Waals surface area contributed by atoms with Gasteiger partial charge in [-0.1, -0.05) is 28.8 Å². The maximum absolute atomic E-state index is 12.5. The summed E-state index contributed by atoms with van der Waals surface area (Å²) in [7, 11) is 0. The lowest BCUT2D eigenvalue weighted by Crippen LogP contribution is -2.12. The molecule has 0 saturated heterocycles. The molecule has 2 aromatic carbocycles. The molecule has 0 atom stereocenters. The predicted octanol–water partition coefficient (Wildman–Crippen LogP) is 3.33. The van der Waals surface area contributed by atoms with Crippen molar-refractivity contribution in [2.75, 3.05) is 5.32 Å². The van der Waals surface area contributed by atoms with Crippen molar-refractivity contribution in [2.45, 2.75) is 0 Å². The van der Waals surface area contributed by atoms with E-state index in [0.717, 1.165) is 27.8 Å². The molecule has 0 spiro atoms. The van der Waals surface area contributed by atoms with E-state index in [0.29, 0.717) is 5.56 Å². The van der Waals surface area contributed by atoms with Gasteiger partial charge >= 0.3 is 0 Å². The second-order valence-electron chi connectivity index (χ2n) is 4.96. The summed E-state index contributed by atoms with van der Waals surface area (Å²) in [5.41, 5.74) is 3.81. The molecule has 0 aliphatic carbocycles. The first-order valence-electron chi connectivity index (χ1n) is 6.92. The van der Waals surface area contributed by atoms with Crippen LogP contribution in [0.1, 0.15) is 10.4 Å². The minimum Gasteiger partial charge on any atom is -0.322 e. The quantitative estimate of drug-likeness (QED) is 0.606. The largest absolute Gasteiger partial charge is 0.322 e. The lowest BCUT2D eigenvalue weighted by atomic mass is 10.1. The van der Waals surface area contributed by atoms with Gasteiger partial charge in [-0.3, -0.25) is 9.89 Å². The van der Waals surface area contributed by atoms with Crippen molar-refractivity contribution in [3.8, 4) is 11.3 Å². The van der Waals surface area contributed by atoms with Crippen LogP contribution in [0.25, 0.3) is 22.2 Å². The fourth-order valence-corrected chi connectivity index (χ4v) is 2.84. The van der Waals surface area contributed by atoms with E-state index in [1.807, 2.05) is 41.8 Å². The van der Waals surface area contributed by atoms with Crippen molar-refractivity contribution in [1.82, 2.24) is 19.8 Å². The minimum atomic E-state index is -0.178. The number of hydrogen-bond donors (Lipinski definition) is 2. The molecule has 2 heterocycles. The average molecular weight is 321 g/mol. The third-order valence-electron chi connectivity index (χ3n) is 3.52. The van der Waals surface area contributed by atoms with Crippen LogP contribution >= 0.6 is 11.5 Å². The van der Waals surface area contributed by atoms with Crippen LogP contribution in [0.15, 0.2) is 54.0 Å². The number of benzene rings is 2. The number of para-hydroxylation sites is 1. The molecule has 0 saturated carbocycles. The van der Waals surface area contributed by atoms with Gasteiger partial charge in [-0.05, 0) is 29.7 Å². The standard InChI is InChI=1S/C16H11N5OS/c22-16(13-3-1-2-11-8-17-20-15(11)13)18-12-6-4-10(5-7-12)14-9-23-21-19-14/h1-9H,(H,17,20)(H,18,22). The molecule has 4 rings (SSSR count). The molecule has 112 valence electrons. The molecule has 7 heteroatoms. The van der Waals surface area contributed by atoms with Crippen molar-refractivity contribution in [1.29, 1.82) is 0 Å². The van der Waals surface area contributed by atoms with Crippen LogP contribution in [0.3, 0.4) is 0 Å². The third-order valence-corrected chi connectivity index (χ3v) is 4.02. The van der Waals surface area contributed by atoms with Crippen LogP contribution < -0.4 is 5.32 Å². The maximum Gasteiger partial charge on any atom is 0.257 e. The number of H-pyrrole nitrogens is 1. The third kappa shape index (κ3) is 2.58. The predicted molar refractivity (Wildman–Crippen MR) is 89.4 cm³/mol. The fourth-order valence-electron chi connectivity index (χ4n) is 2.37. The van der Waals surface area contributed by atoms with Gasteiger partial charge in [0.15, 0.2) is 0 Å². The molecular formula is C16H11N5OS. The van der Waals surface area contributed by atoms with Crippen molar-refractivity contribution in [3.05, 3.63) is 59.6 Å². The van der Waals surface area contributed by atoms with Crippen LogP contribution in [0.4, 0.5) is 5.69 Å². The monoisotopic (exact) mass is 321 g/mol. The zero-order chi connectivity index (χ0) is 15.6. The molecule has 23 heavy (non-hydrogen) atoms. The number of carbonyl (C=O) groups excluding carboxylic acids is 1. The topological polar surface area (TPSA) is 83.6 Å². The Balaban J connectivity index is 1.58. The summed E-state index contributed by atoms with van der Waals surface area (Å²) in [5.74, 6) is -0.178. The number of nitrogens with one attached hydrogen (secondary N) is 2. The lowest BCUT2D eigenvalue weighted by molar-refractivity contribution is 0.102. The molecule has 0 aliphatic heterocycles. The second kappa shape index (κ2) is 5.62. The second-order valence-corrected chi connectivity index (χ2v) is 5.57.